The van der Waals surface area contributed by atoms with Crippen molar-refractivity contribution in [3.8, 4) is 28.8 Å². The molecule has 0 spiro atoms. The number of nitrogens with zero attached hydrogens (tertiary/aromatic N) is 3. The summed E-state index contributed by atoms with van der Waals surface area (Å²) in [6, 6.07) is 1.78. The monoisotopic (exact) mass is 233 g/mol. The molecule has 0 amide bonds. The highest BCUT2D eigenvalue weighted by molar-refractivity contribution is 5.68. The van der Waals surface area contributed by atoms with Gasteiger partial charge in [0.1, 0.15) is 5.75 Å². The number of hydrogen-bond donors (Lipinski definition) is 1. The maximum absolute atomic E-state index is 9.37. The summed E-state index contributed by atoms with van der Waals surface area (Å²) in [6.45, 7) is 0. The predicted octanol–water partition coefficient (Wildman–Crippen LogP) is 1.26. The molecule has 0 aliphatic rings. The topological polar surface area (TPSA) is 77.4 Å². The van der Waals surface area contributed by atoms with Crippen molar-refractivity contribution < 1.29 is 14.6 Å². The SMILES string of the molecule is COc1ncc(-c2cncc(O)c2)c(OC)n1. The van der Waals surface area contributed by atoms with Crippen LogP contribution in [-0.2, 0) is 0 Å². The molecule has 88 valence electrons. The number of pyridine rings is 1. The van der Waals surface area contributed by atoms with Gasteiger partial charge in [-0.3, -0.25) is 4.98 Å². The highest BCUT2D eigenvalue weighted by Gasteiger charge is 2.10. The predicted molar refractivity (Wildman–Crippen MR) is 60.0 cm³/mol. The minimum absolute atomic E-state index is 0.0698. The van der Waals surface area contributed by atoms with Crippen molar-refractivity contribution in [3.63, 3.8) is 0 Å². The molecule has 0 bridgehead atoms. The first kappa shape index (κ1) is 11.1. The molecule has 2 aromatic rings. The molecule has 0 aromatic carbocycles. The van der Waals surface area contributed by atoms with Gasteiger partial charge in [0.25, 0.3) is 0 Å². The van der Waals surface area contributed by atoms with Gasteiger partial charge in [0.05, 0.1) is 26.0 Å². The minimum Gasteiger partial charge on any atom is -0.506 e. The van der Waals surface area contributed by atoms with E-state index in [1.165, 1.54) is 20.4 Å². The fourth-order valence-corrected chi connectivity index (χ4v) is 1.38. The molecule has 2 heterocycles. The lowest BCUT2D eigenvalue weighted by Crippen LogP contribution is -1.97. The zero-order chi connectivity index (χ0) is 12.3. The summed E-state index contributed by atoms with van der Waals surface area (Å²) in [4.78, 5) is 11.9. The second-order valence-corrected chi connectivity index (χ2v) is 3.21. The Kier molecular flexibility index (Phi) is 3.04. The van der Waals surface area contributed by atoms with Crippen LogP contribution in [0, 0.1) is 0 Å². The van der Waals surface area contributed by atoms with E-state index in [4.69, 9.17) is 9.47 Å². The van der Waals surface area contributed by atoms with Gasteiger partial charge in [-0.15, -0.1) is 0 Å². The van der Waals surface area contributed by atoms with Crippen molar-refractivity contribution in [2.75, 3.05) is 14.2 Å². The summed E-state index contributed by atoms with van der Waals surface area (Å²) in [7, 11) is 2.98. The van der Waals surface area contributed by atoms with Crippen molar-refractivity contribution >= 4 is 0 Å². The standard InChI is InChI=1S/C11H11N3O3/c1-16-10-9(6-13-11(14-10)17-2)7-3-8(15)5-12-4-7/h3-6,15H,1-2H3. The Morgan fingerprint density at radius 1 is 1.12 bits per heavy atom. The highest BCUT2D eigenvalue weighted by atomic mass is 16.5. The molecule has 6 nitrogen and oxygen atoms in total. The molecule has 0 saturated carbocycles. The zero-order valence-corrected chi connectivity index (χ0v) is 9.41. The van der Waals surface area contributed by atoms with E-state index in [9.17, 15) is 5.11 Å². The largest absolute Gasteiger partial charge is 0.506 e. The molecule has 0 radical (unpaired) electrons. The third-order valence-electron chi connectivity index (χ3n) is 2.14. The maximum Gasteiger partial charge on any atom is 0.319 e. The first-order valence-corrected chi connectivity index (χ1v) is 4.84. The molecular weight excluding hydrogens is 222 g/mol. The molecule has 0 aliphatic carbocycles. The van der Waals surface area contributed by atoms with Gasteiger partial charge in [-0.05, 0) is 6.07 Å². The molecule has 2 aromatic heterocycles. The van der Waals surface area contributed by atoms with Gasteiger partial charge in [-0.2, -0.15) is 4.98 Å². The first-order chi connectivity index (χ1) is 8.24. The van der Waals surface area contributed by atoms with Gasteiger partial charge in [0, 0.05) is 18.0 Å². The fourth-order valence-electron chi connectivity index (χ4n) is 1.38. The van der Waals surface area contributed by atoms with Crippen LogP contribution in [0.4, 0.5) is 0 Å². The minimum atomic E-state index is 0.0698. The van der Waals surface area contributed by atoms with E-state index in [1.807, 2.05) is 0 Å². The van der Waals surface area contributed by atoms with Crippen LogP contribution < -0.4 is 9.47 Å². The zero-order valence-electron chi connectivity index (χ0n) is 9.41. The molecule has 1 N–H and O–H groups in total. The number of aromatic nitrogens is 3. The lowest BCUT2D eigenvalue weighted by Gasteiger charge is -2.08. The summed E-state index contributed by atoms with van der Waals surface area (Å²) >= 11 is 0. The Morgan fingerprint density at radius 2 is 1.94 bits per heavy atom. The number of aromatic hydroxyl groups is 1. The van der Waals surface area contributed by atoms with Crippen molar-refractivity contribution in [2.24, 2.45) is 0 Å². The third kappa shape index (κ3) is 2.25. The molecule has 6 heteroatoms. The van der Waals surface area contributed by atoms with Crippen molar-refractivity contribution in [3.05, 3.63) is 24.7 Å². The number of ether oxygens (including phenoxy) is 2. The Hall–Kier alpha value is -2.37. The van der Waals surface area contributed by atoms with Crippen LogP contribution in [0.15, 0.2) is 24.7 Å². The van der Waals surface area contributed by atoms with Crippen molar-refractivity contribution in [1.82, 2.24) is 15.0 Å². The van der Waals surface area contributed by atoms with E-state index in [-0.39, 0.29) is 11.8 Å². The highest BCUT2D eigenvalue weighted by Crippen LogP contribution is 2.29. The lowest BCUT2D eigenvalue weighted by molar-refractivity contribution is 0.353. The van der Waals surface area contributed by atoms with Crippen molar-refractivity contribution in [2.45, 2.75) is 0 Å². The summed E-state index contributed by atoms with van der Waals surface area (Å²) in [5.74, 6) is 0.435. The van der Waals surface area contributed by atoms with Crippen LogP contribution in [0.25, 0.3) is 11.1 Å². The normalized spacial score (nSPS) is 10.0. The van der Waals surface area contributed by atoms with Gasteiger partial charge in [0.15, 0.2) is 0 Å². The molecule has 0 aliphatic heterocycles. The second kappa shape index (κ2) is 4.65. The average Bonchev–Trinajstić information content (AvgIpc) is 2.38. The van der Waals surface area contributed by atoms with Crippen LogP contribution in [0.2, 0.25) is 0 Å². The van der Waals surface area contributed by atoms with E-state index < -0.39 is 0 Å². The summed E-state index contributed by atoms with van der Waals surface area (Å²) < 4.78 is 10.0. The molecule has 0 atom stereocenters. The number of rotatable bonds is 3. The smallest absolute Gasteiger partial charge is 0.319 e. The van der Waals surface area contributed by atoms with Gasteiger partial charge in [-0.25, -0.2) is 4.98 Å². The summed E-state index contributed by atoms with van der Waals surface area (Å²) in [5, 5.41) is 9.37. The summed E-state index contributed by atoms with van der Waals surface area (Å²) in [5.41, 5.74) is 1.31. The lowest BCUT2D eigenvalue weighted by atomic mass is 10.1. The molecule has 0 saturated heterocycles. The Balaban J connectivity index is 2.51. The van der Waals surface area contributed by atoms with E-state index in [0.29, 0.717) is 17.0 Å². The van der Waals surface area contributed by atoms with Crippen LogP contribution >= 0.6 is 0 Å². The van der Waals surface area contributed by atoms with Gasteiger partial charge in [-0.1, -0.05) is 0 Å². The van der Waals surface area contributed by atoms with Crippen molar-refractivity contribution in [1.29, 1.82) is 0 Å². The Bertz CT molecular complexity index is 531. The number of hydrogen-bond acceptors (Lipinski definition) is 6. The van der Waals surface area contributed by atoms with E-state index in [0.717, 1.165) is 0 Å². The van der Waals surface area contributed by atoms with Gasteiger partial charge < -0.3 is 14.6 Å². The van der Waals surface area contributed by atoms with E-state index in [2.05, 4.69) is 15.0 Å². The molecule has 0 unspecified atom stereocenters. The summed E-state index contributed by atoms with van der Waals surface area (Å²) in [6.07, 6.45) is 4.49. The Labute approximate surface area is 97.9 Å². The fraction of sp³-hybridized carbons (Fsp3) is 0.182. The molecule has 17 heavy (non-hydrogen) atoms. The second-order valence-electron chi connectivity index (χ2n) is 3.21. The molecule has 2 rings (SSSR count). The quantitative estimate of drug-likeness (QED) is 0.859. The van der Waals surface area contributed by atoms with Crippen LogP contribution in [0.3, 0.4) is 0 Å². The van der Waals surface area contributed by atoms with Crippen LogP contribution in [-0.4, -0.2) is 34.3 Å². The van der Waals surface area contributed by atoms with E-state index in [1.54, 1.807) is 18.5 Å². The third-order valence-corrected chi connectivity index (χ3v) is 2.14. The van der Waals surface area contributed by atoms with E-state index >= 15 is 0 Å². The van der Waals surface area contributed by atoms with Crippen LogP contribution in [0.5, 0.6) is 17.6 Å². The van der Waals surface area contributed by atoms with Crippen LogP contribution in [0.1, 0.15) is 0 Å². The Morgan fingerprint density at radius 3 is 2.59 bits per heavy atom. The molecular formula is C11H11N3O3. The van der Waals surface area contributed by atoms with Gasteiger partial charge in [0.2, 0.25) is 5.88 Å². The maximum atomic E-state index is 9.37. The molecule has 0 fully saturated rings. The first-order valence-electron chi connectivity index (χ1n) is 4.84. The van der Waals surface area contributed by atoms with Gasteiger partial charge >= 0.3 is 6.01 Å². The average molecular weight is 233 g/mol. The number of methoxy groups -OCH3 is 2.